The van der Waals surface area contributed by atoms with Gasteiger partial charge < -0.3 is 10.0 Å². The molecule has 0 unspecified atom stereocenters. The van der Waals surface area contributed by atoms with Crippen molar-refractivity contribution in [1.29, 1.82) is 0 Å². The van der Waals surface area contributed by atoms with Crippen molar-refractivity contribution in [3.05, 3.63) is 35.4 Å². The van der Waals surface area contributed by atoms with E-state index in [2.05, 4.69) is 20.8 Å². The molecule has 1 amide bonds. The molecule has 1 aliphatic rings. The van der Waals surface area contributed by atoms with Crippen molar-refractivity contribution in [2.24, 2.45) is 11.3 Å². The topological polar surface area (TPSA) is 57.6 Å². The molecule has 1 aromatic carbocycles. The Labute approximate surface area is 151 Å². The second kappa shape index (κ2) is 8.50. The van der Waals surface area contributed by atoms with Gasteiger partial charge in [0, 0.05) is 19.5 Å². The van der Waals surface area contributed by atoms with Gasteiger partial charge in [-0.2, -0.15) is 0 Å². The molecule has 0 radical (unpaired) electrons. The van der Waals surface area contributed by atoms with Crippen LogP contribution >= 0.6 is 0 Å². The van der Waals surface area contributed by atoms with E-state index in [1.165, 1.54) is 0 Å². The fourth-order valence-corrected chi connectivity index (χ4v) is 3.53. The number of hydrogen-bond acceptors (Lipinski definition) is 2. The van der Waals surface area contributed by atoms with Crippen LogP contribution in [0.15, 0.2) is 24.3 Å². The molecular formula is C21H31NO3. The minimum Gasteiger partial charge on any atom is -0.478 e. The maximum Gasteiger partial charge on any atom is 0.335 e. The molecule has 1 heterocycles. The predicted molar refractivity (Wildman–Crippen MR) is 99.7 cm³/mol. The van der Waals surface area contributed by atoms with Crippen LogP contribution in [-0.2, 0) is 11.2 Å². The lowest BCUT2D eigenvalue weighted by Gasteiger charge is -2.32. The summed E-state index contributed by atoms with van der Waals surface area (Å²) >= 11 is 0. The van der Waals surface area contributed by atoms with E-state index in [0.29, 0.717) is 17.9 Å². The zero-order valence-electron chi connectivity index (χ0n) is 15.8. The van der Waals surface area contributed by atoms with Crippen molar-refractivity contribution < 1.29 is 14.7 Å². The van der Waals surface area contributed by atoms with E-state index in [9.17, 15) is 14.7 Å². The number of aromatic carboxylic acids is 1. The number of piperidine rings is 1. The molecule has 25 heavy (non-hydrogen) atoms. The van der Waals surface area contributed by atoms with Gasteiger partial charge in [-0.15, -0.1) is 0 Å². The Morgan fingerprint density at radius 2 is 1.80 bits per heavy atom. The smallest absolute Gasteiger partial charge is 0.335 e. The van der Waals surface area contributed by atoms with E-state index in [4.69, 9.17) is 0 Å². The Morgan fingerprint density at radius 1 is 1.16 bits per heavy atom. The summed E-state index contributed by atoms with van der Waals surface area (Å²) in [7, 11) is 0. The average molecular weight is 345 g/mol. The molecule has 1 fully saturated rings. The highest BCUT2D eigenvalue weighted by Crippen LogP contribution is 2.25. The summed E-state index contributed by atoms with van der Waals surface area (Å²) in [5.41, 5.74) is 1.60. The fraction of sp³-hybridized carbons (Fsp3) is 0.619. The van der Waals surface area contributed by atoms with Crippen molar-refractivity contribution >= 4 is 11.9 Å². The monoisotopic (exact) mass is 345 g/mol. The van der Waals surface area contributed by atoms with E-state index in [1.807, 2.05) is 17.0 Å². The molecule has 138 valence electrons. The van der Waals surface area contributed by atoms with Gasteiger partial charge in [0.1, 0.15) is 0 Å². The Kier molecular flexibility index (Phi) is 6.63. The average Bonchev–Trinajstić information content (AvgIpc) is 2.54. The molecule has 0 atom stereocenters. The molecular weight excluding hydrogens is 314 g/mol. The minimum absolute atomic E-state index is 0.272. The van der Waals surface area contributed by atoms with E-state index in [1.54, 1.807) is 12.1 Å². The van der Waals surface area contributed by atoms with Crippen molar-refractivity contribution in [2.45, 2.75) is 59.3 Å². The lowest BCUT2D eigenvalue weighted by atomic mass is 9.88. The van der Waals surface area contributed by atoms with Crippen LogP contribution in [0.4, 0.5) is 0 Å². The number of hydrogen-bond donors (Lipinski definition) is 1. The lowest BCUT2D eigenvalue weighted by molar-refractivity contribution is -0.132. The van der Waals surface area contributed by atoms with Gasteiger partial charge >= 0.3 is 5.97 Å². The zero-order chi connectivity index (χ0) is 18.4. The highest BCUT2D eigenvalue weighted by molar-refractivity contribution is 5.89. The molecule has 2 rings (SSSR count). The summed E-state index contributed by atoms with van der Waals surface area (Å²) in [5.74, 6) is -0.130. The SMILES string of the molecule is CC(C)(C)CCCC(=O)N1CCC(Cc2ccccc2C(=O)O)CC1. The van der Waals surface area contributed by atoms with Crippen LogP contribution in [0, 0.1) is 11.3 Å². The van der Waals surface area contributed by atoms with Crippen molar-refractivity contribution in [1.82, 2.24) is 4.90 Å². The summed E-state index contributed by atoms with van der Waals surface area (Å²) in [6.45, 7) is 8.22. The highest BCUT2D eigenvalue weighted by Gasteiger charge is 2.24. The van der Waals surface area contributed by atoms with Crippen molar-refractivity contribution in [3.8, 4) is 0 Å². The third kappa shape index (κ3) is 6.18. The molecule has 4 heteroatoms. The summed E-state index contributed by atoms with van der Waals surface area (Å²) in [4.78, 5) is 25.7. The highest BCUT2D eigenvalue weighted by atomic mass is 16.4. The number of amides is 1. The summed E-state index contributed by atoms with van der Waals surface area (Å²) in [6, 6.07) is 7.25. The van der Waals surface area contributed by atoms with Gasteiger partial charge in [0.25, 0.3) is 0 Å². The molecule has 4 nitrogen and oxygen atoms in total. The molecule has 1 aliphatic heterocycles. The van der Waals surface area contributed by atoms with E-state index in [-0.39, 0.29) is 11.3 Å². The van der Waals surface area contributed by atoms with E-state index < -0.39 is 5.97 Å². The number of benzene rings is 1. The molecule has 0 saturated carbocycles. The molecule has 1 saturated heterocycles. The first-order valence-corrected chi connectivity index (χ1v) is 9.35. The van der Waals surface area contributed by atoms with Crippen molar-refractivity contribution in [2.75, 3.05) is 13.1 Å². The number of rotatable bonds is 6. The molecule has 0 aliphatic carbocycles. The molecule has 0 bridgehead atoms. The van der Waals surface area contributed by atoms with Crippen LogP contribution in [0.5, 0.6) is 0 Å². The maximum absolute atomic E-state index is 12.3. The maximum atomic E-state index is 12.3. The van der Waals surface area contributed by atoms with Gasteiger partial charge in [-0.25, -0.2) is 4.79 Å². The predicted octanol–water partition coefficient (Wildman–Crippen LogP) is 4.38. The van der Waals surface area contributed by atoms with Crippen LogP contribution in [0.25, 0.3) is 0 Å². The number of carboxylic acids is 1. The van der Waals surface area contributed by atoms with Gasteiger partial charge in [0.05, 0.1) is 5.56 Å². The van der Waals surface area contributed by atoms with Crippen molar-refractivity contribution in [3.63, 3.8) is 0 Å². The normalized spacial score (nSPS) is 16.0. The summed E-state index contributed by atoms with van der Waals surface area (Å²) in [5, 5.41) is 9.30. The largest absolute Gasteiger partial charge is 0.478 e. The Hall–Kier alpha value is -1.84. The zero-order valence-corrected chi connectivity index (χ0v) is 15.8. The van der Waals surface area contributed by atoms with Crippen LogP contribution < -0.4 is 0 Å². The van der Waals surface area contributed by atoms with Gasteiger partial charge in [0.2, 0.25) is 5.91 Å². The number of carboxylic acid groups (broad SMARTS) is 1. The number of nitrogens with zero attached hydrogens (tertiary/aromatic N) is 1. The standard InChI is InChI=1S/C21H31NO3/c1-21(2,3)12-6-9-19(23)22-13-10-16(11-14-22)15-17-7-4-5-8-18(17)20(24)25/h4-5,7-8,16H,6,9-15H2,1-3H3,(H,24,25). The number of likely N-dealkylation sites (tertiary alicyclic amines) is 1. The Balaban J connectivity index is 1.80. The Morgan fingerprint density at radius 3 is 2.40 bits per heavy atom. The van der Waals surface area contributed by atoms with Gasteiger partial charge in [-0.3, -0.25) is 4.79 Å². The van der Waals surface area contributed by atoms with Crippen LogP contribution in [0.1, 0.15) is 68.8 Å². The quantitative estimate of drug-likeness (QED) is 0.832. The van der Waals surface area contributed by atoms with Gasteiger partial charge in [-0.1, -0.05) is 39.0 Å². The summed E-state index contributed by atoms with van der Waals surface area (Å²) in [6.07, 6.45) is 5.37. The number of carbonyl (C=O) groups excluding carboxylic acids is 1. The lowest BCUT2D eigenvalue weighted by Crippen LogP contribution is -2.39. The first-order chi connectivity index (χ1) is 11.8. The van der Waals surface area contributed by atoms with E-state index >= 15 is 0 Å². The second-order valence-corrected chi connectivity index (χ2v) is 8.40. The first-order valence-electron chi connectivity index (χ1n) is 9.35. The van der Waals surface area contributed by atoms with Crippen LogP contribution in [0.2, 0.25) is 0 Å². The van der Waals surface area contributed by atoms with Gasteiger partial charge in [-0.05, 0) is 55.1 Å². The third-order valence-corrected chi connectivity index (χ3v) is 5.04. The molecule has 1 N–H and O–H groups in total. The molecule has 1 aromatic rings. The molecule has 0 aromatic heterocycles. The van der Waals surface area contributed by atoms with Crippen LogP contribution in [0.3, 0.4) is 0 Å². The second-order valence-electron chi connectivity index (χ2n) is 8.40. The minimum atomic E-state index is -0.859. The summed E-state index contributed by atoms with van der Waals surface area (Å²) < 4.78 is 0. The van der Waals surface area contributed by atoms with Gasteiger partial charge in [0.15, 0.2) is 0 Å². The van der Waals surface area contributed by atoms with Crippen LogP contribution in [-0.4, -0.2) is 35.0 Å². The molecule has 0 spiro atoms. The Bertz CT molecular complexity index is 595. The number of carbonyl (C=O) groups is 2. The van der Waals surface area contributed by atoms with E-state index in [0.717, 1.165) is 50.8 Å². The first kappa shape index (κ1) is 19.5. The fourth-order valence-electron chi connectivity index (χ4n) is 3.53. The third-order valence-electron chi connectivity index (χ3n) is 5.04.